The minimum absolute atomic E-state index is 0.00278. The quantitative estimate of drug-likeness (QED) is 0.846. The fourth-order valence-electron chi connectivity index (χ4n) is 2.76. The van der Waals surface area contributed by atoms with E-state index in [0.29, 0.717) is 17.2 Å². The molecule has 1 N–H and O–H groups in total. The van der Waals surface area contributed by atoms with Crippen molar-refractivity contribution >= 4 is 11.9 Å². The molecule has 6 nitrogen and oxygen atoms in total. The van der Waals surface area contributed by atoms with Gasteiger partial charge in [0.15, 0.2) is 0 Å². The first kappa shape index (κ1) is 16.8. The average molecular weight is 341 g/mol. The van der Waals surface area contributed by atoms with E-state index >= 15 is 0 Å². The largest absolute Gasteiger partial charge is 0.508 e. The summed E-state index contributed by atoms with van der Waals surface area (Å²) < 4.78 is 16.3. The number of esters is 1. The smallest absolute Gasteiger partial charge is 0.342 e. The highest BCUT2D eigenvalue weighted by molar-refractivity contribution is 5.99. The number of hydrogen-bond donors (Lipinski definition) is 1. The Morgan fingerprint density at radius 1 is 1.28 bits per heavy atom. The van der Waals surface area contributed by atoms with Gasteiger partial charge in [-0.3, -0.25) is 0 Å². The van der Waals surface area contributed by atoms with Crippen LogP contribution < -0.4 is 4.74 Å². The lowest BCUT2D eigenvalue weighted by molar-refractivity contribution is -0.150. The molecule has 0 saturated carbocycles. The predicted molar refractivity (Wildman–Crippen MR) is 91.9 cm³/mol. The average Bonchev–Trinajstić information content (AvgIpc) is 3.09. The fourth-order valence-corrected chi connectivity index (χ4v) is 2.76. The third-order valence-electron chi connectivity index (χ3n) is 3.97. The summed E-state index contributed by atoms with van der Waals surface area (Å²) in [6.07, 6.45) is 0. The van der Waals surface area contributed by atoms with Crippen LogP contribution in [0.25, 0.3) is 0 Å². The van der Waals surface area contributed by atoms with Crippen LogP contribution >= 0.6 is 0 Å². The molecule has 0 aromatic heterocycles. The predicted octanol–water partition coefficient (Wildman–Crippen LogP) is 2.64. The van der Waals surface area contributed by atoms with Gasteiger partial charge in [-0.15, -0.1) is 0 Å². The molecule has 0 bridgehead atoms. The Labute approximate surface area is 145 Å². The van der Waals surface area contributed by atoms with E-state index in [1.54, 1.807) is 13.0 Å². The summed E-state index contributed by atoms with van der Waals surface area (Å²) in [5.74, 6) is 0.217. The number of aliphatic imine (C=N–C) groups is 1. The summed E-state index contributed by atoms with van der Waals surface area (Å²) in [6, 6.07) is 13.9. The molecule has 1 unspecified atom stereocenters. The standard InChI is InChI=1S/C19H19NO5/c1-3-24-18(22)19(15-10-9-14(21)11-16(15)23-2)12-25-17(20-19)13-7-5-4-6-8-13/h4-11,21H,3,12H2,1-2H3. The zero-order chi connectivity index (χ0) is 17.9. The molecule has 0 spiro atoms. The van der Waals surface area contributed by atoms with Gasteiger partial charge in [0.2, 0.25) is 11.4 Å². The van der Waals surface area contributed by atoms with Gasteiger partial charge in [0.25, 0.3) is 0 Å². The zero-order valence-electron chi connectivity index (χ0n) is 14.1. The highest BCUT2D eigenvalue weighted by atomic mass is 16.5. The minimum atomic E-state index is -1.37. The second-order valence-corrected chi connectivity index (χ2v) is 5.54. The molecule has 3 rings (SSSR count). The second-order valence-electron chi connectivity index (χ2n) is 5.54. The molecule has 0 radical (unpaired) electrons. The van der Waals surface area contributed by atoms with Crippen molar-refractivity contribution in [2.45, 2.75) is 12.5 Å². The molecule has 0 amide bonds. The van der Waals surface area contributed by atoms with E-state index < -0.39 is 11.5 Å². The molecule has 6 heteroatoms. The molecule has 1 heterocycles. The maximum Gasteiger partial charge on any atom is 0.342 e. The van der Waals surface area contributed by atoms with Gasteiger partial charge < -0.3 is 19.3 Å². The number of carbonyl (C=O) groups excluding carboxylic acids is 1. The normalized spacial score (nSPS) is 19.0. The number of benzene rings is 2. The van der Waals surface area contributed by atoms with E-state index in [2.05, 4.69) is 4.99 Å². The third-order valence-corrected chi connectivity index (χ3v) is 3.97. The molecule has 1 atom stereocenters. The van der Waals surface area contributed by atoms with Gasteiger partial charge in [0.05, 0.1) is 13.7 Å². The Bertz CT molecular complexity index is 803. The molecular formula is C19H19NO5. The molecule has 1 aliphatic heterocycles. The van der Waals surface area contributed by atoms with E-state index in [1.807, 2.05) is 30.3 Å². The second kappa shape index (κ2) is 6.84. The number of nitrogens with zero attached hydrogens (tertiary/aromatic N) is 1. The summed E-state index contributed by atoms with van der Waals surface area (Å²) in [6.45, 7) is 1.95. The number of carbonyl (C=O) groups is 1. The monoisotopic (exact) mass is 341 g/mol. The van der Waals surface area contributed by atoms with E-state index in [4.69, 9.17) is 14.2 Å². The van der Waals surface area contributed by atoms with E-state index in [9.17, 15) is 9.90 Å². The lowest BCUT2D eigenvalue weighted by Crippen LogP contribution is -2.37. The maximum atomic E-state index is 12.8. The van der Waals surface area contributed by atoms with Crippen LogP contribution in [-0.2, 0) is 19.8 Å². The summed E-state index contributed by atoms with van der Waals surface area (Å²) in [4.78, 5) is 17.3. The number of methoxy groups -OCH3 is 1. The van der Waals surface area contributed by atoms with Gasteiger partial charge in [-0.2, -0.15) is 0 Å². The van der Waals surface area contributed by atoms with E-state index in [-0.39, 0.29) is 19.0 Å². The first-order valence-electron chi connectivity index (χ1n) is 7.93. The van der Waals surface area contributed by atoms with Crippen LogP contribution in [0.1, 0.15) is 18.1 Å². The number of ether oxygens (including phenoxy) is 3. The van der Waals surface area contributed by atoms with Crippen molar-refractivity contribution in [2.24, 2.45) is 4.99 Å². The number of hydrogen-bond acceptors (Lipinski definition) is 6. The van der Waals surface area contributed by atoms with Gasteiger partial charge in [-0.05, 0) is 31.2 Å². The van der Waals surface area contributed by atoms with E-state index in [1.165, 1.54) is 19.2 Å². The van der Waals surface area contributed by atoms with Crippen LogP contribution in [0.5, 0.6) is 11.5 Å². The number of rotatable bonds is 5. The Kier molecular flexibility index (Phi) is 4.61. The lowest BCUT2D eigenvalue weighted by Gasteiger charge is -2.24. The molecule has 25 heavy (non-hydrogen) atoms. The van der Waals surface area contributed by atoms with Crippen LogP contribution in [0.2, 0.25) is 0 Å². The Morgan fingerprint density at radius 2 is 2.04 bits per heavy atom. The molecule has 0 aliphatic carbocycles. The van der Waals surface area contributed by atoms with Crippen molar-refractivity contribution in [3.8, 4) is 11.5 Å². The lowest BCUT2D eigenvalue weighted by atomic mass is 9.90. The Hall–Kier alpha value is -3.02. The summed E-state index contributed by atoms with van der Waals surface area (Å²) >= 11 is 0. The van der Waals surface area contributed by atoms with Gasteiger partial charge in [0, 0.05) is 17.2 Å². The minimum Gasteiger partial charge on any atom is -0.508 e. The third kappa shape index (κ3) is 3.03. The first-order chi connectivity index (χ1) is 12.1. The highest BCUT2D eigenvalue weighted by Crippen LogP contribution is 2.40. The van der Waals surface area contributed by atoms with Crippen LogP contribution in [0, 0.1) is 0 Å². The summed E-state index contributed by atoms with van der Waals surface area (Å²) in [5.41, 5.74) is -0.121. The Balaban J connectivity index is 2.14. The summed E-state index contributed by atoms with van der Waals surface area (Å²) in [7, 11) is 1.47. The summed E-state index contributed by atoms with van der Waals surface area (Å²) in [5, 5.41) is 9.70. The molecule has 2 aromatic rings. The van der Waals surface area contributed by atoms with Crippen molar-refractivity contribution in [3.05, 3.63) is 59.7 Å². The zero-order valence-corrected chi connectivity index (χ0v) is 14.1. The van der Waals surface area contributed by atoms with Crippen molar-refractivity contribution in [1.29, 1.82) is 0 Å². The van der Waals surface area contributed by atoms with Crippen molar-refractivity contribution in [3.63, 3.8) is 0 Å². The van der Waals surface area contributed by atoms with Gasteiger partial charge in [-0.1, -0.05) is 18.2 Å². The molecular weight excluding hydrogens is 322 g/mol. The first-order valence-corrected chi connectivity index (χ1v) is 7.93. The molecule has 0 fully saturated rings. The maximum absolute atomic E-state index is 12.8. The van der Waals surface area contributed by atoms with Crippen molar-refractivity contribution in [1.82, 2.24) is 0 Å². The molecule has 130 valence electrons. The number of phenols is 1. The topological polar surface area (TPSA) is 77.4 Å². The SMILES string of the molecule is CCOC(=O)C1(c2ccc(O)cc2OC)COC(c2ccccc2)=N1. The molecule has 0 saturated heterocycles. The molecule has 1 aliphatic rings. The van der Waals surface area contributed by atoms with Crippen LogP contribution in [-0.4, -0.2) is 37.3 Å². The Morgan fingerprint density at radius 3 is 2.72 bits per heavy atom. The highest BCUT2D eigenvalue weighted by Gasteiger charge is 2.49. The van der Waals surface area contributed by atoms with Gasteiger partial charge in [-0.25, -0.2) is 9.79 Å². The number of aromatic hydroxyl groups is 1. The van der Waals surface area contributed by atoms with E-state index in [0.717, 1.165) is 5.56 Å². The fraction of sp³-hybridized carbons (Fsp3) is 0.263. The van der Waals surface area contributed by atoms with Gasteiger partial charge in [0.1, 0.15) is 18.1 Å². The van der Waals surface area contributed by atoms with Crippen LogP contribution in [0.3, 0.4) is 0 Å². The van der Waals surface area contributed by atoms with Crippen LogP contribution in [0.15, 0.2) is 53.5 Å². The number of phenolic OH excluding ortho intramolecular Hbond substituents is 1. The van der Waals surface area contributed by atoms with Crippen LogP contribution in [0.4, 0.5) is 0 Å². The molecule has 2 aromatic carbocycles. The van der Waals surface area contributed by atoms with Gasteiger partial charge >= 0.3 is 5.97 Å². The van der Waals surface area contributed by atoms with Crippen molar-refractivity contribution in [2.75, 3.05) is 20.3 Å². The van der Waals surface area contributed by atoms with Crippen molar-refractivity contribution < 1.29 is 24.1 Å².